The number of nitro benzene ring substituents is 1. The SMILES string of the molecule is NNc1cccc(C(=O)N2CCC(O)C2)c1[N+](=O)[O-]. The van der Waals surface area contributed by atoms with E-state index in [9.17, 15) is 20.0 Å². The van der Waals surface area contributed by atoms with E-state index < -0.39 is 16.9 Å². The summed E-state index contributed by atoms with van der Waals surface area (Å²) in [6.45, 7) is 0.577. The van der Waals surface area contributed by atoms with Gasteiger partial charge in [0.15, 0.2) is 0 Å². The van der Waals surface area contributed by atoms with Crippen molar-refractivity contribution in [1.29, 1.82) is 0 Å². The Morgan fingerprint density at radius 2 is 2.32 bits per heavy atom. The van der Waals surface area contributed by atoms with Crippen LogP contribution in [0.2, 0.25) is 0 Å². The fraction of sp³-hybridized carbons (Fsp3) is 0.364. The number of nitrogens with zero attached hydrogens (tertiary/aromatic N) is 2. The number of β-amino-alcohol motifs (C(OH)–C–C–N with tert-alkyl or cyclic N) is 1. The van der Waals surface area contributed by atoms with Gasteiger partial charge in [-0.1, -0.05) is 6.07 Å². The van der Waals surface area contributed by atoms with Crippen LogP contribution in [-0.2, 0) is 0 Å². The molecule has 0 bridgehead atoms. The summed E-state index contributed by atoms with van der Waals surface area (Å²) in [5, 5.41) is 20.5. The highest BCUT2D eigenvalue weighted by molar-refractivity contribution is 6.00. The van der Waals surface area contributed by atoms with Crippen molar-refractivity contribution in [3.05, 3.63) is 33.9 Å². The fourth-order valence-electron chi connectivity index (χ4n) is 2.13. The molecule has 0 aromatic heterocycles. The molecule has 102 valence electrons. The first-order valence-corrected chi connectivity index (χ1v) is 5.76. The molecular formula is C11H14N4O4. The minimum absolute atomic E-state index is 0.0328. The lowest BCUT2D eigenvalue weighted by Gasteiger charge is -2.16. The number of hydrogen-bond donors (Lipinski definition) is 3. The second-order valence-electron chi connectivity index (χ2n) is 4.30. The summed E-state index contributed by atoms with van der Waals surface area (Å²) in [7, 11) is 0. The molecule has 1 atom stereocenters. The van der Waals surface area contributed by atoms with Crippen LogP contribution in [0.15, 0.2) is 18.2 Å². The fourth-order valence-corrected chi connectivity index (χ4v) is 2.13. The molecule has 1 fully saturated rings. The van der Waals surface area contributed by atoms with Crippen LogP contribution in [0.25, 0.3) is 0 Å². The van der Waals surface area contributed by atoms with Crippen molar-refractivity contribution in [3.8, 4) is 0 Å². The number of nitrogen functional groups attached to an aromatic ring is 1. The topological polar surface area (TPSA) is 122 Å². The molecule has 1 aromatic carbocycles. The summed E-state index contributed by atoms with van der Waals surface area (Å²) in [5.74, 6) is 4.74. The van der Waals surface area contributed by atoms with Crippen LogP contribution in [0.4, 0.5) is 11.4 Å². The van der Waals surface area contributed by atoms with Crippen LogP contribution in [0.1, 0.15) is 16.8 Å². The number of hydrazine groups is 1. The quantitative estimate of drug-likeness (QED) is 0.405. The van der Waals surface area contributed by atoms with Crippen molar-refractivity contribution in [3.63, 3.8) is 0 Å². The molecule has 0 radical (unpaired) electrons. The molecule has 1 aliphatic heterocycles. The van der Waals surface area contributed by atoms with Crippen LogP contribution in [0.3, 0.4) is 0 Å². The molecular weight excluding hydrogens is 252 g/mol. The van der Waals surface area contributed by atoms with Gasteiger partial charge in [0, 0.05) is 13.1 Å². The molecule has 1 saturated heterocycles. The van der Waals surface area contributed by atoms with E-state index in [-0.39, 0.29) is 23.5 Å². The summed E-state index contributed by atoms with van der Waals surface area (Å²) in [6, 6.07) is 4.32. The Morgan fingerprint density at radius 3 is 2.84 bits per heavy atom. The number of hydrogen-bond acceptors (Lipinski definition) is 6. The van der Waals surface area contributed by atoms with Crippen molar-refractivity contribution >= 4 is 17.3 Å². The van der Waals surface area contributed by atoms with Gasteiger partial charge in [0.1, 0.15) is 11.3 Å². The number of benzene rings is 1. The maximum absolute atomic E-state index is 12.2. The second-order valence-corrected chi connectivity index (χ2v) is 4.30. The Morgan fingerprint density at radius 1 is 1.58 bits per heavy atom. The Balaban J connectivity index is 2.39. The monoisotopic (exact) mass is 266 g/mol. The van der Waals surface area contributed by atoms with Gasteiger partial charge in [-0.05, 0) is 18.6 Å². The van der Waals surface area contributed by atoms with Crippen molar-refractivity contribution in [2.45, 2.75) is 12.5 Å². The van der Waals surface area contributed by atoms with E-state index in [2.05, 4.69) is 5.43 Å². The molecule has 0 spiro atoms. The molecule has 1 aromatic rings. The van der Waals surface area contributed by atoms with E-state index in [0.29, 0.717) is 13.0 Å². The number of aliphatic hydroxyl groups excluding tert-OH is 1. The third kappa shape index (κ3) is 2.49. The molecule has 4 N–H and O–H groups in total. The zero-order valence-corrected chi connectivity index (χ0v) is 10.1. The van der Waals surface area contributed by atoms with E-state index in [1.165, 1.54) is 23.1 Å². The molecule has 1 heterocycles. The molecule has 1 unspecified atom stereocenters. The van der Waals surface area contributed by atoms with Crippen LogP contribution in [0, 0.1) is 10.1 Å². The number of amides is 1. The number of nitro groups is 1. The van der Waals surface area contributed by atoms with Gasteiger partial charge in [-0.25, -0.2) is 0 Å². The lowest BCUT2D eigenvalue weighted by atomic mass is 10.1. The highest BCUT2D eigenvalue weighted by Gasteiger charge is 2.31. The maximum Gasteiger partial charge on any atom is 0.306 e. The van der Waals surface area contributed by atoms with Crippen molar-refractivity contribution in [1.82, 2.24) is 4.90 Å². The van der Waals surface area contributed by atoms with Gasteiger partial charge in [0.05, 0.1) is 11.0 Å². The minimum atomic E-state index is -0.644. The first kappa shape index (κ1) is 13.2. The molecule has 0 aliphatic carbocycles. The highest BCUT2D eigenvalue weighted by atomic mass is 16.6. The van der Waals surface area contributed by atoms with Gasteiger partial charge in [-0.2, -0.15) is 0 Å². The maximum atomic E-state index is 12.2. The number of carbonyl (C=O) groups is 1. The van der Waals surface area contributed by atoms with Crippen LogP contribution in [0.5, 0.6) is 0 Å². The minimum Gasteiger partial charge on any atom is -0.391 e. The van der Waals surface area contributed by atoms with Crippen molar-refractivity contribution in [2.24, 2.45) is 5.84 Å². The first-order valence-electron chi connectivity index (χ1n) is 5.76. The van der Waals surface area contributed by atoms with Gasteiger partial charge in [-0.3, -0.25) is 20.8 Å². The number of rotatable bonds is 3. The van der Waals surface area contributed by atoms with Crippen LogP contribution in [-0.4, -0.2) is 40.0 Å². The molecule has 8 heteroatoms. The Hall–Kier alpha value is -2.19. The number of nitrogens with two attached hydrogens (primary N) is 1. The summed E-state index contributed by atoms with van der Waals surface area (Å²) in [5.41, 5.74) is 1.91. The molecule has 19 heavy (non-hydrogen) atoms. The summed E-state index contributed by atoms with van der Waals surface area (Å²) >= 11 is 0. The third-order valence-corrected chi connectivity index (χ3v) is 3.06. The Kier molecular flexibility index (Phi) is 3.63. The second kappa shape index (κ2) is 5.21. The number of likely N-dealkylation sites (tertiary alicyclic amines) is 1. The third-order valence-electron chi connectivity index (χ3n) is 3.06. The molecule has 2 rings (SSSR count). The van der Waals surface area contributed by atoms with E-state index >= 15 is 0 Å². The smallest absolute Gasteiger partial charge is 0.306 e. The summed E-state index contributed by atoms with van der Waals surface area (Å²) in [4.78, 5) is 24.1. The lowest BCUT2D eigenvalue weighted by Crippen LogP contribution is -2.30. The van der Waals surface area contributed by atoms with Gasteiger partial charge in [0.25, 0.3) is 5.91 Å². The van der Waals surface area contributed by atoms with Gasteiger partial charge in [0.2, 0.25) is 0 Å². The normalized spacial score (nSPS) is 18.4. The van der Waals surface area contributed by atoms with Crippen LogP contribution < -0.4 is 11.3 Å². The zero-order valence-electron chi connectivity index (χ0n) is 10.1. The number of para-hydroxylation sites is 1. The van der Waals surface area contributed by atoms with E-state index in [4.69, 9.17) is 5.84 Å². The van der Waals surface area contributed by atoms with Gasteiger partial charge in [-0.15, -0.1) is 0 Å². The number of nitrogens with one attached hydrogen (secondary N) is 1. The largest absolute Gasteiger partial charge is 0.391 e. The number of aliphatic hydroxyl groups is 1. The molecule has 1 aliphatic rings. The number of anilines is 1. The van der Waals surface area contributed by atoms with Gasteiger partial charge >= 0.3 is 5.69 Å². The lowest BCUT2D eigenvalue weighted by molar-refractivity contribution is -0.384. The zero-order chi connectivity index (χ0) is 14.0. The van der Waals surface area contributed by atoms with Crippen molar-refractivity contribution < 1.29 is 14.8 Å². The Bertz CT molecular complexity index is 519. The van der Waals surface area contributed by atoms with Gasteiger partial charge < -0.3 is 15.4 Å². The average Bonchev–Trinajstić information content (AvgIpc) is 2.83. The van der Waals surface area contributed by atoms with E-state index in [1.807, 2.05) is 0 Å². The summed E-state index contributed by atoms with van der Waals surface area (Å²) in [6.07, 6.45) is -0.0900. The Labute approximate surface area is 108 Å². The molecule has 8 nitrogen and oxygen atoms in total. The van der Waals surface area contributed by atoms with E-state index in [1.54, 1.807) is 0 Å². The van der Waals surface area contributed by atoms with E-state index in [0.717, 1.165) is 0 Å². The predicted octanol–water partition coefficient (Wildman–Crippen LogP) is 0.0872. The summed E-state index contributed by atoms with van der Waals surface area (Å²) < 4.78 is 0. The highest BCUT2D eigenvalue weighted by Crippen LogP contribution is 2.29. The van der Waals surface area contributed by atoms with Crippen LogP contribution >= 0.6 is 0 Å². The molecule has 0 saturated carbocycles. The molecule has 1 amide bonds. The first-order chi connectivity index (χ1) is 9.04. The van der Waals surface area contributed by atoms with Crippen molar-refractivity contribution in [2.75, 3.05) is 18.5 Å². The average molecular weight is 266 g/mol. The standard InChI is InChI=1S/C11H14N4O4/c12-13-9-3-1-2-8(10(9)15(18)19)11(17)14-5-4-7(16)6-14/h1-3,7,13,16H,4-6,12H2. The predicted molar refractivity (Wildman–Crippen MR) is 67.4 cm³/mol. The number of carbonyl (C=O) groups excluding carboxylic acids is 1.